The highest BCUT2D eigenvalue weighted by Gasteiger charge is 2.28. The minimum Gasteiger partial charge on any atom is -0.351 e. The molecular formula is C14H15FN2O2. The number of amides is 2. The summed E-state index contributed by atoms with van der Waals surface area (Å²) in [7, 11) is 0. The van der Waals surface area contributed by atoms with E-state index >= 15 is 0 Å². The molecule has 4 nitrogen and oxygen atoms in total. The molecule has 0 saturated heterocycles. The molecule has 0 unspecified atom stereocenters. The van der Waals surface area contributed by atoms with Gasteiger partial charge in [-0.1, -0.05) is 18.2 Å². The van der Waals surface area contributed by atoms with Crippen molar-refractivity contribution < 1.29 is 14.0 Å². The van der Waals surface area contributed by atoms with Crippen LogP contribution in [-0.2, 0) is 16.0 Å². The second-order valence-corrected chi connectivity index (χ2v) is 4.32. The number of nitrogens with zero attached hydrogens (tertiary/aromatic N) is 1. The lowest BCUT2D eigenvalue weighted by atomic mass is 10.0. The standard InChI is InChI=1S/C14H15FN2O2/c1-2-8-16-12(18)9-17-13(19)7-6-10-4-3-5-11(15)14(10)17/h2-5H,1,6-9H2,(H,16,18). The van der Waals surface area contributed by atoms with Gasteiger partial charge in [0.05, 0.1) is 5.69 Å². The topological polar surface area (TPSA) is 49.4 Å². The van der Waals surface area contributed by atoms with Crippen molar-refractivity contribution in [1.29, 1.82) is 0 Å². The average Bonchev–Trinajstić information content (AvgIpc) is 2.40. The summed E-state index contributed by atoms with van der Waals surface area (Å²) in [6.45, 7) is 3.65. The highest BCUT2D eigenvalue weighted by Crippen LogP contribution is 2.30. The van der Waals surface area contributed by atoms with Gasteiger partial charge < -0.3 is 5.32 Å². The Kier molecular flexibility index (Phi) is 3.94. The molecule has 0 aromatic heterocycles. The van der Waals surface area contributed by atoms with Crippen molar-refractivity contribution in [2.45, 2.75) is 12.8 Å². The molecule has 19 heavy (non-hydrogen) atoms. The Morgan fingerprint density at radius 1 is 1.47 bits per heavy atom. The highest BCUT2D eigenvalue weighted by atomic mass is 19.1. The zero-order chi connectivity index (χ0) is 13.8. The number of carbonyl (C=O) groups excluding carboxylic acids is 2. The molecule has 0 aliphatic carbocycles. The molecule has 2 amide bonds. The first-order valence-electron chi connectivity index (χ1n) is 6.09. The molecule has 0 fully saturated rings. The van der Waals surface area contributed by atoms with Gasteiger partial charge in [-0.05, 0) is 18.1 Å². The molecule has 1 aliphatic rings. The summed E-state index contributed by atoms with van der Waals surface area (Å²) in [6.07, 6.45) is 2.35. The molecule has 1 N–H and O–H groups in total. The fraction of sp³-hybridized carbons (Fsp3) is 0.286. The molecule has 0 radical (unpaired) electrons. The molecule has 1 aliphatic heterocycles. The van der Waals surface area contributed by atoms with Gasteiger partial charge in [0.2, 0.25) is 11.8 Å². The minimum absolute atomic E-state index is 0.166. The van der Waals surface area contributed by atoms with Gasteiger partial charge in [0, 0.05) is 13.0 Å². The molecule has 5 heteroatoms. The number of hydrogen-bond donors (Lipinski definition) is 1. The second-order valence-electron chi connectivity index (χ2n) is 4.32. The van der Waals surface area contributed by atoms with E-state index in [9.17, 15) is 14.0 Å². The molecule has 100 valence electrons. The van der Waals surface area contributed by atoms with E-state index in [1.54, 1.807) is 18.2 Å². The van der Waals surface area contributed by atoms with Gasteiger partial charge in [0.25, 0.3) is 0 Å². The van der Waals surface area contributed by atoms with Gasteiger partial charge in [-0.2, -0.15) is 0 Å². The average molecular weight is 262 g/mol. The van der Waals surface area contributed by atoms with Crippen molar-refractivity contribution in [3.05, 3.63) is 42.2 Å². The molecule has 1 aromatic rings. The van der Waals surface area contributed by atoms with Crippen LogP contribution < -0.4 is 10.2 Å². The molecule has 1 heterocycles. The minimum atomic E-state index is -0.470. The third-order valence-corrected chi connectivity index (χ3v) is 2.99. The maximum Gasteiger partial charge on any atom is 0.240 e. The van der Waals surface area contributed by atoms with E-state index in [0.717, 1.165) is 5.56 Å². The summed E-state index contributed by atoms with van der Waals surface area (Å²) < 4.78 is 13.9. The number of fused-ring (bicyclic) bond motifs is 1. The van der Waals surface area contributed by atoms with E-state index in [1.165, 1.54) is 11.0 Å². The van der Waals surface area contributed by atoms with Crippen LogP contribution in [0.1, 0.15) is 12.0 Å². The number of aryl methyl sites for hydroxylation is 1. The molecule has 0 saturated carbocycles. The van der Waals surface area contributed by atoms with Crippen molar-refractivity contribution in [3.63, 3.8) is 0 Å². The van der Waals surface area contributed by atoms with Crippen molar-refractivity contribution in [3.8, 4) is 0 Å². The van der Waals surface area contributed by atoms with Crippen LogP contribution in [0.15, 0.2) is 30.9 Å². The molecule has 0 spiro atoms. The normalized spacial score (nSPS) is 13.9. The van der Waals surface area contributed by atoms with Gasteiger partial charge in [-0.3, -0.25) is 14.5 Å². The summed E-state index contributed by atoms with van der Waals surface area (Å²) >= 11 is 0. The molecule has 1 aromatic carbocycles. The quantitative estimate of drug-likeness (QED) is 0.834. The van der Waals surface area contributed by atoms with Gasteiger partial charge in [0.1, 0.15) is 12.4 Å². The van der Waals surface area contributed by atoms with Crippen molar-refractivity contribution in [2.75, 3.05) is 18.0 Å². The number of para-hydroxylation sites is 1. The van der Waals surface area contributed by atoms with Crippen molar-refractivity contribution in [1.82, 2.24) is 5.32 Å². The van der Waals surface area contributed by atoms with Crippen LogP contribution in [0.4, 0.5) is 10.1 Å². The van der Waals surface area contributed by atoms with Crippen LogP contribution in [-0.4, -0.2) is 24.9 Å². The number of hydrogen-bond acceptors (Lipinski definition) is 2. The van der Waals surface area contributed by atoms with Gasteiger partial charge >= 0.3 is 0 Å². The smallest absolute Gasteiger partial charge is 0.240 e. The summed E-state index contributed by atoms with van der Waals surface area (Å²) in [4.78, 5) is 24.8. The van der Waals surface area contributed by atoms with E-state index in [0.29, 0.717) is 19.4 Å². The van der Waals surface area contributed by atoms with Crippen LogP contribution in [0.3, 0.4) is 0 Å². The van der Waals surface area contributed by atoms with E-state index in [4.69, 9.17) is 0 Å². The first kappa shape index (κ1) is 13.3. The molecule has 2 rings (SSSR count). The number of halogens is 1. The summed E-state index contributed by atoms with van der Waals surface area (Å²) in [5.74, 6) is -1.03. The van der Waals surface area contributed by atoms with E-state index in [1.807, 2.05) is 0 Å². The third kappa shape index (κ3) is 2.81. The van der Waals surface area contributed by atoms with Gasteiger partial charge in [-0.15, -0.1) is 6.58 Å². The van der Waals surface area contributed by atoms with Crippen LogP contribution in [0.5, 0.6) is 0 Å². The van der Waals surface area contributed by atoms with Gasteiger partial charge in [-0.25, -0.2) is 4.39 Å². The molecule has 0 atom stereocenters. The summed E-state index contributed by atoms with van der Waals surface area (Å²) in [6, 6.07) is 4.69. The second kappa shape index (κ2) is 5.65. The van der Waals surface area contributed by atoms with Crippen LogP contribution >= 0.6 is 0 Å². The van der Waals surface area contributed by atoms with Gasteiger partial charge in [0.15, 0.2) is 0 Å². The summed E-state index contributed by atoms with van der Waals surface area (Å²) in [5.41, 5.74) is 0.989. The monoisotopic (exact) mass is 262 g/mol. The zero-order valence-electron chi connectivity index (χ0n) is 10.5. The lowest BCUT2D eigenvalue weighted by Crippen LogP contribution is -2.43. The first-order valence-corrected chi connectivity index (χ1v) is 6.09. The highest BCUT2D eigenvalue weighted by molar-refractivity contribution is 6.01. The first-order chi connectivity index (χ1) is 9.13. The zero-order valence-corrected chi connectivity index (χ0v) is 10.5. The predicted molar refractivity (Wildman–Crippen MR) is 70.3 cm³/mol. The number of nitrogens with one attached hydrogen (secondary N) is 1. The molecule has 0 bridgehead atoms. The number of benzene rings is 1. The van der Waals surface area contributed by atoms with Crippen LogP contribution in [0, 0.1) is 5.82 Å². The Bertz CT molecular complexity index is 528. The lowest BCUT2D eigenvalue weighted by Gasteiger charge is -2.29. The Labute approximate surface area is 110 Å². The largest absolute Gasteiger partial charge is 0.351 e. The maximum atomic E-state index is 13.9. The Hall–Kier alpha value is -2.17. The number of anilines is 1. The van der Waals surface area contributed by atoms with E-state index in [2.05, 4.69) is 11.9 Å². The van der Waals surface area contributed by atoms with Crippen LogP contribution in [0.25, 0.3) is 0 Å². The SMILES string of the molecule is C=CCNC(=O)CN1C(=O)CCc2cccc(F)c21. The lowest BCUT2D eigenvalue weighted by molar-refractivity contribution is -0.124. The fourth-order valence-electron chi connectivity index (χ4n) is 2.12. The van der Waals surface area contributed by atoms with E-state index in [-0.39, 0.29) is 24.0 Å². The van der Waals surface area contributed by atoms with Crippen molar-refractivity contribution in [2.24, 2.45) is 0 Å². The van der Waals surface area contributed by atoms with E-state index < -0.39 is 5.82 Å². The molecular weight excluding hydrogens is 247 g/mol. The van der Waals surface area contributed by atoms with Crippen molar-refractivity contribution >= 4 is 17.5 Å². The number of rotatable bonds is 4. The fourth-order valence-corrected chi connectivity index (χ4v) is 2.12. The third-order valence-electron chi connectivity index (χ3n) is 2.99. The Morgan fingerprint density at radius 2 is 2.26 bits per heavy atom. The summed E-state index contributed by atoms with van der Waals surface area (Å²) in [5, 5.41) is 2.58. The maximum absolute atomic E-state index is 13.9. The number of carbonyl (C=O) groups is 2. The Morgan fingerprint density at radius 3 is 3.00 bits per heavy atom. The van der Waals surface area contributed by atoms with Crippen LogP contribution in [0.2, 0.25) is 0 Å². The Balaban J connectivity index is 2.23. The predicted octanol–water partition coefficient (Wildman–Crippen LogP) is 1.41.